The second kappa shape index (κ2) is 22.9. The van der Waals surface area contributed by atoms with Gasteiger partial charge in [0.05, 0.1) is 69.8 Å². The Kier molecular flexibility index (Phi) is 14.5. The Morgan fingerprint density at radius 2 is 0.274 bits per heavy atom. The van der Waals surface area contributed by atoms with E-state index in [9.17, 15) is 31.6 Å². The van der Waals surface area contributed by atoms with Gasteiger partial charge in [-0.1, -0.05) is 72.8 Å². The van der Waals surface area contributed by atoms with E-state index in [4.69, 9.17) is 0 Å². The van der Waals surface area contributed by atoms with Crippen molar-refractivity contribution < 1.29 is 0 Å². The van der Waals surface area contributed by atoms with Gasteiger partial charge in [-0.05, 0) is 179 Å². The summed E-state index contributed by atoms with van der Waals surface area (Å²) < 4.78 is 0. The molecule has 84 heavy (non-hydrogen) atoms. The first-order chi connectivity index (χ1) is 41.3. The van der Waals surface area contributed by atoms with E-state index < -0.39 is 0 Å². The highest BCUT2D eigenvalue weighted by Crippen LogP contribution is 2.62. The van der Waals surface area contributed by atoms with Crippen LogP contribution < -0.4 is 0 Å². The summed E-state index contributed by atoms with van der Waals surface area (Å²) in [6, 6.07) is 86.7. The maximum atomic E-state index is 9.82. The Labute approximate surface area is 509 Å². The molecule has 6 heterocycles. The third-order valence-corrected chi connectivity index (χ3v) is 21.3. The molecule has 0 N–H and O–H groups in total. The zero-order chi connectivity index (χ0) is 57.3. The number of nitriles is 6. The molecule has 13 rings (SSSR count). The van der Waals surface area contributed by atoms with Crippen molar-refractivity contribution in [2.24, 2.45) is 0 Å². The lowest BCUT2D eigenvalue weighted by Crippen LogP contribution is -1.98. The van der Waals surface area contributed by atoms with Crippen LogP contribution in [-0.4, -0.2) is 0 Å². The van der Waals surface area contributed by atoms with Gasteiger partial charge in [0.15, 0.2) is 0 Å². The minimum Gasteiger partial charge on any atom is -0.192 e. The van der Waals surface area contributed by atoms with Crippen LogP contribution >= 0.6 is 68.0 Å². The summed E-state index contributed by atoms with van der Waals surface area (Å²) in [5.74, 6) is 0. The van der Waals surface area contributed by atoms with Gasteiger partial charge in [0.25, 0.3) is 0 Å². The summed E-state index contributed by atoms with van der Waals surface area (Å²) >= 11 is 10.3. The van der Waals surface area contributed by atoms with E-state index in [0.29, 0.717) is 33.4 Å². The molecule has 0 aliphatic rings. The molecular weight excluding hydrogens is 1140 g/mol. The molecule has 0 fully saturated rings. The van der Waals surface area contributed by atoms with Crippen molar-refractivity contribution in [1.82, 2.24) is 0 Å². The van der Waals surface area contributed by atoms with Crippen LogP contribution in [0.5, 0.6) is 0 Å². The molecular formula is C72H36N6S6. The SMILES string of the molecule is N#Cc1ccc(-c2ccc(-c3c(-c4ccc(-c5ccc(C#N)cc5)s4)c(-c4ccc(-c5ccc(C#N)cc5)s4)c(-c4ccc(-c5ccc(C#N)cc5)s4)c(-c4ccc(-c5ccc(C#N)cc5)s4)c3-c3ccc(-c4ccc(C#N)cc4)s3)s2)cc1. The number of hydrogen-bond donors (Lipinski definition) is 0. The number of thiophene rings is 6. The Hall–Kier alpha value is -10.3. The summed E-state index contributed by atoms with van der Waals surface area (Å²) in [4.78, 5) is 12.4. The van der Waals surface area contributed by atoms with Gasteiger partial charge in [-0.25, -0.2) is 0 Å². The van der Waals surface area contributed by atoms with Crippen LogP contribution in [0.25, 0.3) is 125 Å². The van der Waals surface area contributed by atoms with Gasteiger partial charge in [-0.2, -0.15) is 31.6 Å². The topological polar surface area (TPSA) is 143 Å². The quantitative estimate of drug-likeness (QED) is 0.119. The molecule has 0 aliphatic carbocycles. The van der Waals surface area contributed by atoms with Crippen LogP contribution in [0, 0.1) is 68.0 Å². The van der Waals surface area contributed by atoms with Crippen molar-refractivity contribution in [1.29, 1.82) is 31.6 Å². The van der Waals surface area contributed by atoms with Crippen molar-refractivity contribution in [3.8, 4) is 162 Å². The molecule has 0 spiro atoms. The van der Waals surface area contributed by atoms with E-state index in [0.717, 1.165) is 125 Å². The van der Waals surface area contributed by atoms with Gasteiger partial charge < -0.3 is 0 Å². The first-order valence-corrected chi connectivity index (χ1v) is 31.1. The molecule has 390 valence electrons. The number of rotatable bonds is 12. The lowest BCUT2D eigenvalue weighted by atomic mass is 9.82. The van der Waals surface area contributed by atoms with Crippen LogP contribution in [0.15, 0.2) is 218 Å². The molecule has 0 unspecified atom stereocenters. The van der Waals surface area contributed by atoms with Crippen LogP contribution in [0.4, 0.5) is 0 Å². The lowest BCUT2D eigenvalue weighted by Gasteiger charge is -2.25. The fourth-order valence-corrected chi connectivity index (χ4v) is 16.7. The summed E-state index contributed by atoms with van der Waals surface area (Å²) in [6.07, 6.45) is 0. The normalized spacial score (nSPS) is 10.8. The number of nitrogens with zero attached hydrogens (tertiary/aromatic N) is 6. The average molecular weight is 1180 g/mol. The van der Waals surface area contributed by atoms with Gasteiger partial charge in [0, 0.05) is 91.9 Å². The predicted octanol–water partition coefficient (Wildman–Crippen LogP) is 21.3. The first-order valence-electron chi connectivity index (χ1n) is 26.2. The highest BCUT2D eigenvalue weighted by molar-refractivity contribution is 7.22. The Morgan fingerprint density at radius 1 is 0.155 bits per heavy atom. The van der Waals surface area contributed by atoms with E-state index in [-0.39, 0.29) is 0 Å². The van der Waals surface area contributed by atoms with Crippen molar-refractivity contribution in [3.05, 3.63) is 252 Å². The zero-order valence-corrected chi connectivity index (χ0v) is 48.8. The zero-order valence-electron chi connectivity index (χ0n) is 43.9. The molecule has 0 atom stereocenters. The van der Waals surface area contributed by atoms with Crippen molar-refractivity contribution in [3.63, 3.8) is 0 Å². The van der Waals surface area contributed by atoms with Gasteiger partial charge in [-0.3, -0.25) is 0 Å². The molecule has 6 nitrogen and oxygen atoms in total. The standard InChI is InChI=1S/C72H36N6S6/c73-37-43-1-13-49(14-2-43)55-25-31-61(79-55)67-68(62-32-26-56(80-62)50-15-3-44(38-74)4-16-50)70(64-34-28-58(82-64)52-19-7-46(40-76)8-20-52)72(66-36-30-60(84-66)54-23-11-48(42-78)12-24-54)71(65-35-29-59(83-65)53-21-9-47(41-77)10-22-53)69(67)63-33-27-57(81-63)51-17-5-45(39-75)6-18-51/h1-36H. The van der Waals surface area contributed by atoms with Crippen LogP contribution in [0.3, 0.4) is 0 Å². The van der Waals surface area contributed by atoms with Gasteiger partial charge in [0.2, 0.25) is 0 Å². The van der Waals surface area contributed by atoms with E-state index in [1.807, 2.05) is 146 Å². The fourth-order valence-electron chi connectivity index (χ4n) is 10.2. The summed E-state index contributed by atoms with van der Waals surface area (Å²) in [7, 11) is 0. The summed E-state index contributed by atoms with van der Waals surface area (Å²) in [5.41, 5.74) is 15.7. The molecule has 0 radical (unpaired) electrons. The molecule has 0 amide bonds. The van der Waals surface area contributed by atoms with Crippen LogP contribution in [-0.2, 0) is 0 Å². The van der Waals surface area contributed by atoms with E-state index in [1.165, 1.54) is 0 Å². The number of benzene rings is 7. The highest BCUT2D eigenvalue weighted by atomic mass is 32.1. The Morgan fingerprint density at radius 3 is 0.393 bits per heavy atom. The second-order valence-corrected chi connectivity index (χ2v) is 25.9. The van der Waals surface area contributed by atoms with Gasteiger partial charge >= 0.3 is 0 Å². The molecule has 0 saturated heterocycles. The molecule has 7 aromatic carbocycles. The molecule has 13 aromatic rings. The van der Waals surface area contributed by atoms with E-state index in [2.05, 4.69) is 109 Å². The molecule has 0 bridgehead atoms. The Balaban J connectivity index is 1.20. The second-order valence-electron chi connectivity index (χ2n) is 19.4. The average Bonchev–Trinajstić information content (AvgIpc) is 2.56. The summed E-state index contributed by atoms with van der Waals surface area (Å²) in [6.45, 7) is 0. The van der Waals surface area contributed by atoms with Gasteiger partial charge in [0.1, 0.15) is 0 Å². The first kappa shape index (κ1) is 53.0. The monoisotopic (exact) mass is 1180 g/mol. The predicted molar refractivity (Wildman–Crippen MR) is 347 cm³/mol. The van der Waals surface area contributed by atoms with Crippen LogP contribution in [0.1, 0.15) is 33.4 Å². The molecule has 6 aromatic heterocycles. The van der Waals surface area contributed by atoms with Gasteiger partial charge in [-0.15, -0.1) is 68.0 Å². The lowest BCUT2D eigenvalue weighted by molar-refractivity contribution is 1.49. The molecule has 12 heteroatoms. The minimum atomic E-state index is 0.583. The maximum Gasteiger partial charge on any atom is 0.0991 e. The summed E-state index contributed by atoms with van der Waals surface area (Å²) in [5, 5.41) is 58.9. The van der Waals surface area contributed by atoms with Crippen molar-refractivity contribution in [2.45, 2.75) is 0 Å². The largest absolute Gasteiger partial charge is 0.192 e. The third kappa shape index (κ3) is 10.2. The Bertz CT molecular complexity index is 4090. The van der Waals surface area contributed by atoms with E-state index >= 15 is 0 Å². The van der Waals surface area contributed by atoms with Crippen LogP contribution in [0.2, 0.25) is 0 Å². The fraction of sp³-hybridized carbons (Fsp3) is 0. The van der Waals surface area contributed by atoms with E-state index in [1.54, 1.807) is 68.0 Å². The third-order valence-electron chi connectivity index (χ3n) is 14.4. The van der Waals surface area contributed by atoms with Crippen molar-refractivity contribution in [2.75, 3.05) is 0 Å². The highest BCUT2D eigenvalue weighted by Gasteiger charge is 2.33. The minimum absolute atomic E-state index is 0.583. The molecule has 0 aliphatic heterocycles. The maximum absolute atomic E-state index is 9.82. The number of hydrogen-bond acceptors (Lipinski definition) is 12. The smallest absolute Gasteiger partial charge is 0.0991 e. The van der Waals surface area contributed by atoms with Crippen molar-refractivity contribution >= 4 is 68.0 Å². The molecule has 0 saturated carbocycles.